The molecule has 0 radical (unpaired) electrons. The number of hydrogen-bond donors (Lipinski definition) is 0. The van der Waals surface area contributed by atoms with Crippen LogP contribution in [0.25, 0.3) is 0 Å². The maximum absolute atomic E-state index is 11.5. The monoisotopic (exact) mass is 222 g/mol. The van der Waals surface area contributed by atoms with Crippen LogP contribution < -0.4 is 4.90 Å². The number of benzene rings is 1. The molecule has 0 aliphatic heterocycles. The van der Waals surface area contributed by atoms with Crippen LogP contribution in [0.2, 0.25) is 0 Å². The first kappa shape index (κ1) is 11.5. The predicted octanol–water partition coefficient (Wildman–Crippen LogP) is 2.15. The van der Waals surface area contributed by atoms with Crippen molar-refractivity contribution in [3.8, 4) is 6.07 Å². The highest BCUT2D eigenvalue weighted by atomic mass is 35.5. The highest BCUT2D eigenvalue weighted by molar-refractivity contribution is 6.19. The third-order valence-electron chi connectivity index (χ3n) is 2.05. The van der Waals surface area contributed by atoms with Crippen LogP contribution in [-0.2, 0) is 4.79 Å². The van der Waals surface area contributed by atoms with E-state index in [1.54, 1.807) is 31.3 Å². The van der Waals surface area contributed by atoms with Gasteiger partial charge in [0.1, 0.15) is 0 Å². The minimum atomic E-state index is -0.0555. The lowest BCUT2D eigenvalue weighted by atomic mass is 10.2. The number of halogens is 1. The molecule has 1 amide bonds. The minimum Gasteiger partial charge on any atom is -0.315 e. The van der Waals surface area contributed by atoms with Gasteiger partial charge in [0.05, 0.1) is 11.6 Å². The molecule has 0 saturated carbocycles. The van der Waals surface area contributed by atoms with Crippen LogP contribution in [0.4, 0.5) is 5.69 Å². The van der Waals surface area contributed by atoms with Gasteiger partial charge >= 0.3 is 0 Å². The van der Waals surface area contributed by atoms with Gasteiger partial charge in [-0.15, -0.1) is 11.6 Å². The van der Waals surface area contributed by atoms with Crippen molar-refractivity contribution in [3.05, 3.63) is 29.8 Å². The normalized spacial score (nSPS) is 9.40. The van der Waals surface area contributed by atoms with Gasteiger partial charge in [-0.2, -0.15) is 5.26 Å². The van der Waals surface area contributed by atoms with Crippen molar-refractivity contribution in [2.75, 3.05) is 17.8 Å². The number of carbonyl (C=O) groups excluding carboxylic acids is 1. The summed E-state index contributed by atoms with van der Waals surface area (Å²) in [6.07, 6.45) is 0.300. The summed E-state index contributed by atoms with van der Waals surface area (Å²) in [5.41, 5.74) is 1.25. The van der Waals surface area contributed by atoms with Crippen LogP contribution in [0.1, 0.15) is 12.0 Å². The van der Waals surface area contributed by atoms with Gasteiger partial charge < -0.3 is 4.90 Å². The summed E-state index contributed by atoms with van der Waals surface area (Å²) in [4.78, 5) is 13.0. The molecule has 0 bridgehead atoms. The number of amides is 1. The van der Waals surface area contributed by atoms with E-state index in [1.807, 2.05) is 6.07 Å². The van der Waals surface area contributed by atoms with E-state index in [2.05, 4.69) is 0 Å². The molecular weight excluding hydrogens is 212 g/mol. The van der Waals surface area contributed by atoms with E-state index in [9.17, 15) is 4.79 Å². The number of rotatable bonds is 3. The van der Waals surface area contributed by atoms with E-state index in [0.29, 0.717) is 23.6 Å². The van der Waals surface area contributed by atoms with Crippen molar-refractivity contribution in [2.24, 2.45) is 0 Å². The summed E-state index contributed by atoms with van der Waals surface area (Å²) in [5, 5.41) is 8.71. The third kappa shape index (κ3) is 2.97. The van der Waals surface area contributed by atoms with E-state index < -0.39 is 0 Å². The molecule has 0 heterocycles. The summed E-state index contributed by atoms with van der Waals surface area (Å²) in [7, 11) is 1.67. The number of hydrogen-bond acceptors (Lipinski definition) is 2. The van der Waals surface area contributed by atoms with Crippen LogP contribution in [0, 0.1) is 11.3 Å². The molecule has 0 aromatic heterocycles. The van der Waals surface area contributed by atoms with Gasteiger partial charge in [0.2, 0.25) is 5.91 Å². The first-order valence-electron chi connectivity index (χ1n) is 4.51. The van der Waals surface area contributed by atoms with E-state index in [1.165, 1.54) is 4.90 Å². The van der Waals surface area contributed by atoms with Crippen molar-refractivity contribution < 1.29 is 4.79 Å². The Labute approximate surface area is 93.9 Å². The molecule has 0 aliphatic rings. The van der Waals surface area contributed by atoms with Crippen LogP contribution >= 0.6 is 11.6 Å². The number of nitriles is 1. The average Bonchev–Trinajstić information content (AvgIpc) is 2.28. The molecule has 0 N–H and O–H groups in total. The first-order chi connectivity index (χ1) is 7.19. The Morgan fingerprint density at radius 2 is 2.33 bits per heavy atom. The third-order valence-corrected chi connectivity index (χ3v) is 2.23. The molecule has 15 heavy (non-hydrogen) atoms. The Balaban J connectivity index is 2.87. The maximum atomic E-state index is 11.5. The topological polar surface area (TPSA) is 44.1 Å². The summed E-state index contributed by atoms with van der Waals surface area (Å²) < 4.78 is 0. The Morgan fingerprint density at radius 3 is 2.93 bits per heavy atom. The summed E-state index contributed by atoms with van der Waals surface area (Å²) in [6, 6.07) is 8.93. The maximum Gasteiger partial charge on any atom is 0.227 e. The largest absolute Gasteiger partial charge is 0.315 e. The lowest BCUT2D eigenvalue weighted by molar-refractivity contribution is -0.117. The van der Waals surface area contributed by atoms with E-state index >= 15 is 0 Å². The fraction of sp³-hybridized carbons (Fsp3) is 0.273. The summed E-state index contributed by atoms with van der Waals surface area (Å²) >= 11 is 5.49. The fourth-order valence-electron chi connectivity index (χ4n) is 1.18. The molecule has 0 spiro atoms. The zero-order valence-corrected chi connectivity index (χ0v) is 9.16. The number of alkyl halides is 1. The van der Waals surface area contributed by atoms with Gasteiger partial charge in [-0.3, -0.25) is 4.79 Å². The van der Waals surface area contributed by atoms with Crippen molar-refractivity contribution in [1.82, 2.24) is 0 Å². The predicted molar refractivity (Wildman–Crippen MR) is 59.9 cm³/mol. The Morgan fingerprint density at radius 1 is 1.60 bits per heavy atom. The summed E-state index contributed by atoms with van der Waals surface area (Å²) in [6.45, 7) is 0. The van der Waals surface area contributed by atoms with Crippen LogP contribution in [-0.4, -0.2) is 18.8 Å². The quantitative estimate of drug-likeness (QED) is 0.736. The van der Waals surface area contributed by atoms with E-state index in [0.717, 1.165) is 0 Å². The Bertz CT molecular complexity index is 398. The standard InChI is InChI=1S/C11H11ClN2O/c1-14(11(15)5-6-12)10-4-2-3-9(7-10)8-13/h2-4,7H,5-6H2,1H3. The van der Waals surface area contributed by atoms with Crippen LogP contribution in [0.3, 0.4) is 0 Å². The van der Waals surface area contributed by atoms with Crippen LogP contribution in [0.5, 0.6) is 0 Å². The van der Waals surface area contributed by atoms with E-state index in [-0.39, 0.29) is 5.91 Å². The molecule has 0 fully saturated rings. The zero-order valence-electron chi connectivity index (χ0n) is 8.40. The van der Waals surface area contributed by atoms with E-state index in [4.69, 9.17) is 16.9 Å². The fourth-order valence-corrected chi connectivity index (χ4v) is 1.34. The smallest absolute Gasteiger partial charge is 0.227 e. The van der Waals surface area contributed by atoms with Crippen molar-refractivity contribution in [2.45, 2.75) is 6.42 Å². The molecular formula is C11H11ClN2O. The second kappa shape index (κ2) is 5.38. The van der Waals surface area contributed by atoms with Gasteiger partial charge in [0.15, 0.2) is 0 Å². The van der Waals surface area contributed by atoms with Crippen molar-refractivity contribution in [3.63, 3.8) is 0 Å². The van der Waals surface area contributed by atoms with Crippen LogP contribution in [0.15, 0.2) is 24.3 Å². The Kier molecular flexibility index (Phi) is 4.14. The second-order valence-electron chi connectivity index (χ2n) is 3.05. The number of carbonyl (C=O) groups is 1. The molecule has 0 unspecified atom stereocenters. The zero-order chi connectivity index (χ0) is 11.3. The van der Waals surface area contributed by atoms with Gasteiger partial charge in [-0.05, 0) is 18.2 Å². The molecule has 1 rings (SSSR count). The Hall–Kier alpha value is -1.53. The molecule has 4 heteroatoms. The van der Waals surface area contributed by atoms with Gasteiger partial charge in [-0.1, -0.05) is 6.07 Å². The van der Waals surface area contributed by atoms with Gasteiger partial charge in [0, 0.05) is 25.0 Å². The summed E-state index contributed by atoms with van der Waals surface area (Å²) in [5.74, 6) is 0.251. The molecule has 0 aliphatic carbocycles. The van der Waals surface area contributed by atoms with Crippen molar-refractivity contribution >= 4 is 23.2 Å². The minimum absolute atomic E-state index is 0.0555. The second-order valence-corrected chi connectivity index (χ2v) is 3.43. The molecule has 78 valence electrons. The van der Waals surface area contributed by atoms with Gasteiger partial charge in [-0.25, -0.2) is 0 Å². The SMILES string of the molecule is CN(C(=O)CCCl)c1cccc(C#N)c1. The lowest BCUT2D eigenvalue weighted by Gasteiger charge is -2.16. The highest BCUT2D eigenvalue weighted by Gasteiger charge is 2.09. The molecule has 0 atom stereocenters. The van der Waals surface area contributed by atoms with Crippen molar-refractivity contribution in [1.29, 1.82) is 5.26 Å². The lowest BCUT2D eigenvalue weighted by Crippen LogP contribution is -2.26. The molecule has 1 aromatic carbocycles. The average molecular weight is 223 g/mol. The molecule has 0 saturated heterocycles. The molecule has 3 nitrogen and oxygen atoms in total. The highest BCUT2D eigenvalue weighted by Crippen LogP contribution is 2.15. The number of nitrogens with zero attached hydrogens (tertiary/aromatic N) is 2. The first-order valence-corrected chi connectivity index (χ1v) is 5.05. The molecule has 1 aromatic rings. The number of anilines is 1. The van der Waals surface area contributed by atoms with Gasteiger partial charge in [0.25, 0.3) is 0 Å².